The van der Waals surface area contributed by atoms with Crippen molar-refractivity contribution in [3.8, 4) is 5.88 Å². The summed E-state index contributed by atoms with van der Waals surface area (Å²) in [6.45, 7) is 7.36. The topological polar surface area (TPSA) is 114 Å². The molecule has 0 saturated carbocycles. The molecule has 1 unspecified atom stereocenters. The Labute approximate surface area is 197 Å². The maximum absolute atomic E-state index is 12.2. The van der Waals surface area contributed by atoms with E-state index in [1.54, 1.807) is 6.92 Å². The molecule has 0 bridgehead atoms. The van der Waals surface area contributed by atoms with Gasteiger partial charge in [0.05, 0.1) is 31.9 Å². The Morgan fingerprint density at radius 2 is 2.09 bits per heavy atom. The Morgan fingerprint density at radius 3 is 2.82 bits per heavy atom. The van der Waals surface area contributed by atoms with E-state index in [1.165, 1.54) is 12.8 Å². The van der Waals surface area contributed by atoms with Gasteiger partial charge >= 0.3 is 12.0 Å². The second-order valence-corrected chi connectivity index (χ2v) is 8.92. The largest absolute Gasteiger partial charge is 0.519 e. The summed E-state index contributed by atoms with van der Waals surface area (Å²) in [5.41, 5.74) is 1.79. The second kappa shape index (κ2) is 11.5. The molecule has 2 atom stereocenters. The summed E-state index contributed by atoms with van der Waals surface area (Å²) < 4.78 is 35.4. The molecule has 3 heterocycles. The van der Waals surface area contributed by atoms with Crippen molar-refractivity contribution in [2.45, 2.75) is 65.7 Å². The average Bonchev–Trinajstić information content (AvgIpc) is 3.37. The van der Waals surface area contributed by atoms with Crippen LogP contribution in [0, 0.1) is 6.92 Å². The number of hydrogen-bond acceptors (Lipinski definition) is 10. The SMILES string of the molecule is CCCCCCOc1nsnc1C1=CCC[N+](C)([C@@H](C)OC(=O)OCc2oc(=O)oc2C)C1. The van der Waals surface area contributed by atoms with E-state index in [2.05, 4.69) is 21.7 Å². The molecule has 11 heteroatoms. The number of quaternary nitrogens is 1. The molecule has 0 aromatic carbocycles. The summed E-state index contributed by atoms with van der Waals surface area (Å²) in [6, 6.07) is 0. The van der Waals surface area contributed by atoms with Gasteiger partial charge in [0.25, 0.3) is 5.88 Å². The number of rotatable bonds is 11. The normalized spacial score (nSPS) is 19.1. The van der Waals surface area contributed by atoms with Crippen molar-refractivity contribution >= 4 is 23.5 Å². The maximum atomic E-state index is 12.2. The molecule has 0 amide bonds. The van der Waals surface area contributed by atoms with Gasteiger partial charge in [0.1, 0.15) is 12.2 Å². The first-order valence-corrected chi connectivity index (χ1v) is 12.0. The minimum atomic E-state index is -0.840. The van der Waals surface area contributed by atoms with Crippen LogP contribution in [0.15, 0.2) is 19.7 Å². The molecule has 0 aliphatic carbocycles. The molecule has 0 radical (unpaired) electrons. The molecule has 3 rings (SSSR count). The molecule has 0 N–H and O–H groups in total. The van der Waals surface area contributed by atoms with E-state index in [9.17, 15) is 9.59 Å². The lowest BCUT2D eigenvalue weighted by atomic mass is 10.0. The molecular weight excluding hydrogens is 450 g/mol. The summed E-state index contributed by atoms with van der Waals surface area (Å²) in [4.78, 5) is 23.3. The third kappa shape index (κ3) is 6.67. The van der Waals surface area contributed by atoms with E-state index in [0.29, 0.717) is 23.5 Å². The lowest BCUT2D eigenvalue weighted by Gasteiger charge is -2.40. The smallest absolute Gasteiger partial charge is 0.475 e. The van der Waals surface area contributed by atoms with Crippen molar-refractivity contribution in [2.75, 3.05) is 26.7 Å². The van der Waals surface area contributed by atoms with Crippen LogP contribution in [0.4, 0.5) is 4.79 Å². The van der Waals surface area contributed by atoms with Crippen LogP contribution in [0.3, 0.4) is 0 Å². The van der Waals surface area contributed by atoms with E-state index in [1.807, 2.05) is 14.0 Å². The number of carbonyl (C=O) groups excluding carboxylic acids is 1. The second-order valence-electron chi connectivity index (χ2n) is 8.40. The number of carbonyl (C=O) groups is 1. The highest BCUT2D eigenvalue weighted by atomic mass is 32.1. The summed E-state index contributed by atoms with van der Waals surface area (Å²) in [7, 11) is 2.02. The van der Waals surface area contributed by atoms with Gasteiger partial charge < -0.3 is 23.0 Å². The van der Waals surface area contributed by atoms with E-state index >= 15 is 0 Å². The predicted molar refractivity (Wildman–Crippen MR) is 121 cm³/mol. The molecule has 182 valence electrons. The van der Waals surface area contributed by atoms with Gasteiger partial charge in [-0.25, -0.2) is 9.59 Å². The van der Waals surface area contributed by atoms with E-state index in [-0.39, 0.29) is 18.1 Å². The Bertz CT molecular complexity index is 1010. The average molecular weight is 483 g/mol. The van der Waals surface area contributed by atoms with E-state index < -0.39 is 18.2 Å². The minimum absolute atomic E-state index is 0.159. The van der Waals surface area contributed by atoms with Crippen LogP contribution in [-0.4, -0.2) is 52.4 Å². The number of aromatic nitrogens is 2. The summed E-state index contributed by atoms with van der Waals surface area (Å²) in [6.07, 6.45) is 6.15. The van der Waals surface area contributed by atoms with Gasteiger partial charge in [0.15, 0.2) is 18.1 Å². The number of likely N-dealkylation sites (N-methyl/N-ethyl adjacent to an activating group) is 1. The minimum Gasteiger partial charge on any atom is -0.475 e. The quantitative estimate of drug-likeness (QED) is 0.263. The van der Waals surface area contributed by atoms with Gasteiger partial charge in [0.2, 0.25) is 6.23 Å². The third-order valence-electron chi connectivity index (χ3n) is 5.86. The Morgan fingerprint density at radius 1 is 1.27 bits per heavy atom. The fourth-order valence-electron chi connectivity index (χ4n) is 3.65. The molecule has 2 aromatic rings. The highest BCUT2D eigenvalue weighted by molar-refractivity contribution is 6.99. The van der Waals surface area contributed by atoms with Crippen molar-refractivity contribution in [1.82, 2.24) is 8.75 Å². The lowest BCUT2D eigenvalue weighted by molar-refractivity contribution is -0.944. The molecule has 1 aliphatic heterocycles. The summed E-state index contributed by atoms with van der Waals surface area (Å²) in [5, 5.41) is 0. The fourth-order valence-corrected chi connectivity index (χ4v) is 4.18. The first-order valence-electron chi connectivity index (χ1n) is 11.2. The fraction of sp³-hybridized carbons (Fsp3) is 0.636. The standard InChI is InChI=1S/C22H32N3O7S/c1-5-6-7-8-12-28-20-19(23-33-24-20)17-10-9-11-25(4,13-17)16(3)31-21(26)29-14-18-15(2)30-22(27)32-18/h10,16H,5-9,11-14H2,1-4H3/q+1/t16-,25?/m1/s1. The molecule has 0 saturated heterocycles. The zero-order chi connectivity index (χ0) is 23.8. The van der Waals surface area contributed by atoms with Crippen LogP contribution in [0.2, 0.25) is 0 Å². The van der Waals surface area contributed by atoms with Crippen molar-refractivity contribution < 1.29 is 32.3 Å². The number of nitrogens with zero attached hydrogens (tertiary/aromatic N) is 3. The van der Waals surface area contributed by atoms with Crippen molar-refractivity contribution in [1.29, 1.82) is 0 Å². The van der Waals surface area contributed by atoms with Gasteiger partial charge in [-0.2, -0.15) is 4.37 Å². The molecule has 1 aliphatic rings. The maximum Gasteiger partial charge on any atom is 0.519 e. The van der Waals surface area contributed by atoms with Crippen LogP contribution in [-0.2, 0) is 16.1 Å². The molecule has 0 spiro atoms. The number of ether oxygens (including phenoxy) is 3. The van der Waals surface area contributed by atoms with Gasteiger partial charge in [-0.3, -0.25) is 4.48 Å². The molecule has 0 fully saturated rings. The lowest BCUT2D eigenvalue weighted by Crippen LogP contribution is -2.55. The highest BCUT2D eigenvalue weighted by Gasteiger charge is 2.37. The predicted octanol–water partition coefficient (Wildman–Crippen LogP) is 4.28. The van der Waals surface area contributed by atoms with Crippen LogP contribution in [0.1, 0.15) is 63.2 Å². The first-order chi connectivity index (χ1) is 15.8. The third-order valence-corrected chi connectivity index (χ3v) is 6.37. The zero-order valence-corrected chi connectivity index (χ0v) is 20.4. The first kappa shape index (κ1) is 25.0. The molecule has 2 aromatic heterocycles. The van der Waals surface area contributed by atoms with E-state index in [4.69, 9.17) is 23.0 Å². The number of hydrogen-bond donors (Lipinski definition) is 0. The van der Waals surface area contributed by atoms with Crippen molar-refractivity contribution in [3.05, 3.63) is 33.9 Å². The molecular formula is C22H32N3O7S+. The number of unbranched alkanes of at least 4 members (excludes halogenated alkanes) is 3. The highest BCUT2D eigenvalue weighted by Crippen LogP contribution is 2.31. The van der Waals surface area contributed by atoms with Crippen LogP contribution >= 0.6 is 11.7 Å². The summed E-state index contributed by atoms with van der Waals surface area (Å²) >= 11 is 1.14. The zero-order valence-electron chi connectivity index (χ0n) is 19.6. The van der Waals surface area contributed by atoms with E-state index in [0.717, 1.165) is 48.8 Å². The van der Waals surface area contributed by atoms with Crippen LogP contribution in [0.5, 0.6) is 5.88 Å². The van der Waals surface area contributed by atoms with Gasteiger partial charge in [0, 0.05) is 18.9 Å². The number of aryl methyl sites for hydroxylation is 1. The van der Waals surface area contributed by atoms with Crippen molar-refractivity contribution in [3.63, 3.8) is 0 Å². The van der Waals surface area contributed by atoms with Gasteiger partial charge in [-0.1, -0.05) is 32.3 Å². The Balaban J connectivity index is 1.55. The van der Waals surface area contributed by atoms with Crippen molar-refractivity contribution in [2.24, 2.45) is 0 Å². The van der Waals surface area contributed by atoms with Gasteiger partial charge in [-0.15, -0.1) is 4.37 Å². The molecule has 33 heavy (non-hydrogen) atoms. The monoisotopic (exact) mass is 482 g/mol. The Hall–Kier alpha value is -2.66. The summed E-state index contributed by atoms with van der Waals surface area (Å²) in [5.74, 6) is 0.165. The molecule has 10 nitrogen and oxygen atoms in total. The Kier molecular flexibility index (Phi) is 8.67. The van der Waals surface area contributed by atoms with Crippen LogP contribution < -0.4 is 10.6 Å². The van der Waals surface area contributed by atoms with Gasteiger partial charge in [-0.05, 0) is 13.3 Å². The van der Waals surface area contributed by atoms with Crippen LogP contribution in [0.25, 0.3) is 5.57 Å².